The van der Waals surface area contributed by atoms with Crippen molar-refractivity contribution in [1.29, 1.82) is 0 Å². The van der Waals surface area contributed by atoms with Crippen molar-refractivity contribution in [3.05, 3.63) is 28.8 Å². The lowest BCUT2D eigenvalue weighted by Crippen LogP contribution is -2.03. The zero-order chi connectivity index (χ0) is 11.9. The first-order valence-electron chi connectivity index (χ1n) is 5.87. The van der Waals surface area contributed by atoms with E-state index in [2.05, 4.69) is 33.8 Å². The molecule has 0 fully saturated rings. The number of hydrogen-bond acceptors (Lipinski definition) is 2. The molecule has 1 aromatic rings. The summed E-state index contributed by atoms with van der Waals surface area (Å²) >= 11 is 0. The van der Waals surface area contributed by atoms with E-state index in [0.29, 0.717) is 18.3 Å². The average molecular weight is 218 g/mol. The molecule has 1 aliphatic rings. The average Bonchev–Trinajstić information content (AvgIpc) is 2.55. The molecule has 2 nitrogen and oxygen atoms in total. The Morgan fingerprint density at radius 3 is 2.38 bits per heavy atom. The number of rotatable bonds is 2. The molecule has 1 heterocycles. The zero-order valence-electron chi connectivity index (χ0n) is 10.3. The lowest BCUT2D eigenvalue weighted by molar-refractivity contribution is -0.131. The van der Waals surface area contributed by atoms with Crippen molar-refractivity contribution in [1.82, 2.24) is 0 Å². The molecule has 16 heavy (non-hydrogen) atoms. The van der Waals surface area contributed by atoms with Crippen molar-refractivity contribution in [3.8, 4) is 5.75 Å². The van der Waals surface area contributed by atoms with Crippen molar-refractivity contribution in [2.24, 2.45) is 0 Å². The summed E-state index contributed by atoms with van der Waals surface area (Å²) in [5.41, 5.74) is 3.75. The van der Waals surface area contributed by atoms with Crippen LogP contribution in [-0.4, -0.2) is 5.97 Å². The van der Waals surface area contributed by atoms with Crippen molar-refractivity contribution in [3.63, 3.8) is 0 Å². The Bertz CT molecular complexity index is 431. The van der Waals surface area contributed by atoms with Gasteiger partial charge in [0.05, 0.1) is 6.42 Å². The van der Waals surface area contributed by atoms with Crippen LogP contribution in [0.4, 0.5) is 0 Å². The monoisotopic (exact) mass is 218 g/mol. The largest absolute Gasteiger partial charge is 0.426 e. The number of hydrogen-bond donors (Lipinski definition) is 0. The highest BCUT2D eigenvalue weighted by molar-refractivity contribution is 5.82. The molecule has 0 amide bonds. The van der Waals surface area contributed by atoms with E-state index in [1.54, 1.807) is 0 Å². The van der Waals surface area contributed by atoms with Crippen molar-refractivity contribution < 1.29 is 9.53 Å². The third kappa shape index (κ3) is 1.73. The van der Waals surface area contributed by atoms with Crippen LogP contribution >= 0.6 is 0 Å². The van der Waals surface area contributed by atoms with E-state index in [4.69, 9.17) is 4.74 Å². The highest BCUT2D eigenvalue weighted by atomic mass is 16.5. The van der Waals surface area contributed by atoms with Crippen molar-refractivity contribution >= 4 is 5.97 Å². The van der Waals surface area contributed by atoms with Gasteiger partial charge in [0.1, 0.15) is 5.75 Å². The maximum absolute atomic E-state index is 11.3. The molecule has 0 radical (unpaired) electrons. The quantitative estimate of drug-likeness (QED) is 0.561. The van der Waals surface area contributed by atoms with Crippen LogP contribution in [0.2, 0.25) is 0 Å². The van der Waals surface area contributed by atoms with Gasteiger partial charge in [-0.3, -0.25) is 4.79 Å². The molecule has 86 valence electrons. The molecule has 0 bridgehead atoms. The maximum atomic E-state index is 11.3. The van der Waals surface area contributed by atoms with E-state index in [0.717, 1.165) is 11.3 Å². The summed E-state index contributed by atoms with van der Waals surface area (Å²) in [4.78, 5) is 11.3. The summed E-state index contributed by atoms with van der Waals surface area (Å²) in [5.74, 6) is 1.55. The predicted molar refractivity (Wildman–Crippen MR) is 64.0 cm³/mol. The van der Waals surface area contributed by atoms with Gasteiger partial charge in [-0.2, -0.15) is 0 Å². The van der Waals surface area contributed by atoms with E-state index < -0.39 is 0 Å². The summed E-state index contributed by atoms with van der Waals surface area (Å²) in [6.07, 6.45) is 0.434. The van der Waals surface area contributed by atoms with Crippen molar-refractivity contribution in [2.75, 3.05) is 0 Å². The molecular weight excluding hydrogens is 200 g/mol. The first kappa shape index (κ1) is 11.2. The minimum atomic E-state index is -0.127. The van der Waals surface area contributed by atoms with Gasteiger partial charge in [0.25, 0.3) is 0 Å². The fourth-order valence-corrected chi connectivity index (χ4v) is 2.43. The van der Waals surface area contributed by atoms with Gasteiger partial charge in [-0.1, -0.05) is 33.8 Å². The zero-order valence-corrected chi connectivity index (χ0v) is 10.3. The Labute approximate surface area is 96.6 Å². The lowest BCUT2D eigenvalue weighted by atomic mass is 9.86. The molecular formula is C14H18O2. The van der Waals surface area contributed by atoms with Crippen LogP contribution in [0.15, 0.2) is 12.1 Å². The Hall–Kier alpha value is -1.31. The van der Waals surface area contributed by atoms with Crippen LogP contribution in [0.1, 0.15) is 56.2 Å². The van der Waals surface area contributed by atoms with Crippen LogP contribution in [-0.2, 0) is 11.2 Å². The molecule has 0 saturated carbocycles. The molecule has 0 aliphatic carbocycles. The Balaban J connectivity index is 2.60. The van der Waals surface area contributed by atoms with Crippen LogP contribution in [0, 0.1) is 0 Å². The molecule has 0 spiro atoms. The molecule has 0 saturated heterocycles. The van der Waals surface area contributed by atoms with Gasteiger partial charge < -0.3 is 4.74 Å². The van der Waals surface area contributed by atoms with Crippen LogP contribution in [0.5, 0.6) is 5.75 Å². The third-order valence-electron chi connectivity index (χ3n) is 3.09. The van der Waals surface area contributed by atoms with E-state index in [-0.39, 0.29) is 5.97 Å². The Morgan fingerprint density at radius 1 is 1.12 bits per heavy atom. The minimum absolute atomic E-state index is 0.127. The van der Waals surface area contributed by atoms with Crippen LogP contribution in [0.3, 0.4) is 0 Å². The number of carbonyl (C=O) groups excluding carboxylic acids is 1. The van der Waals surface area contributed by atoms with Gasteiger partial charge >= 0.3 is 5.97 Å². The second-order valence-corrected chi connectivity index (χ2v) is 5.01. The first-order chi connectivity index (χ1) is 7.50. The van der Waals surface area contributed by atoms with Crippen LogP contribution < -0.4 is 4.74 Å². The second kappa shape index (κ2) is 3.93. The molecule has 2 heteroatoms. The van der Waals surface area contributed by atoms with Crippen LogP contribution in [0.25, 0.3) is 0 Å². The standard InChI is InChI=1S/C14H18O2/c1-8(2)10-5-6-12-11(7-13(15)16-12)14(10)9(3)4/h5-6,8-9H,7H2,1-4H3. The van der Waals surface area contributed by atoms with Gasteiger partial charge in [-0.25, -0.2) is 0 Å². The highest BCUT2D eigenvalue weighted by Crippen LogP contribution is 2.37. The minimum Gasteiger partial charge on any atom is -0.426 e. The summed E-state index contributed by atoms with van der Waals surface area (Å²) < 4.78 is 5.19. The number of carbonyl (C=O) groups is 1. The third-order valence-corrected chi connectivity index (χ3v) is 3.09. The number of esters is 1. The molecule has 1 aromatic carbocycles. The van der Waals surface area contributed by atoms with Gasteiger partial charge in [0.2, 0.25) is 0 Å². The van der Waals surface area contributed by atoms with E-state index in [9.17, 15) is 4.79 Å². The lowest BCUT2D eigenvalue weighted by Gasteiger charge is -2.18. The maximum Gasteiger partial charge on any atom is 0.315 e. The molecule has 0 unspecified atom stereocenters. The number of fused-ring (bicyclic) bond motifs is 1. The van der Waals surface area contributed by atoms with Crippen molar-refractivity contribution in [2.45, 2.75) is 46.0 Å². The number of benzene rings is 1. The topological polar surface area (TPSA) is 26.3 Å². The van der Waals surface area contributed by atoms with Gasteiger partial charge in [-0.05, 0) is 29.0 Å². The predicted octanol–water partition coefficient (Wildman–Crippen LogP) is 3.39. The van der Waals surface area contributed by atoms with E-state index >= 15 is 0 Å². The summed E-state index contributed by atoms with van der Waals surface area (Å²) in [6, 6.07) is 4.03. The fraction of sp³-hybridized carbons (Fsp3) is 0.500. The van der Waals surface area contributed by atoms with Gasteiger partial charge in [0, 0.05) is 5.56 Å². The summed E-state index contributed by atoms with van der Waals surface area (Å²) in [6.45, 7) is 8.71. The molecule has 0 N–H and O–H groups in total. The van der Waals surface area contributed by atoms with Gasteiger partial charge in [0.15, 0.2) is 0 Å². The summed E-state index contributed by atoms with van der Waals surface area (Å²) in [7, 11) is 0. The second-order valence-electron chi connectivity index (χ2n) is 5.01. The SMILES string of the molecule is CC(C)c1ccc2c(c1C(C)C)CC(=O)O2. The summed E-state index contributed by atoms with van der Waals surface area (Å²) in [5, 5.41) is 0. The smallest absolute Gasteiger partial charge is 0.315 e. The Morgan fingerprint density at radius 2 is 1.81 bits per heavy atom. The molecule has 1 aliphatic heterocycles. The highest BCUT2D eigenvalue weighted by Gasteiger charge is 2.26. The first-order valence-corrected chi connectivity index (χ1v) is 5.87. The van der Waals surface area contributed by atoms with Gasteiger partial charge in [-0.15, -0.1) is 0 Å². The Kier molecular flexibility index (Phi) is 2.75. The van der Waals surface area contributed by atoms with E-state index in [1.165, 1.54) is 11.1 Å². The number of ether oxygens (including phenoxy) is 1. The molecule has 0 aromatic heterocycles. The molecule has 2 rings (SSSR count). The normalized spacial score (nSPS) is 14.5. The fourth-order valence-electron chi connectivity index (χ4n) is 2.43. The molecule has 0 atom stereocenters. The van der Waals surface area contributed by atoms with E-state index in [1.807, 2.05) is 6.07 Å².